The summed E-state index contributed by atoms with van der Waals surface area (Å²) in [6.07, 6.45) is 5.73. The quantitative estimate of drug-likeness (QED) is 0.787. The van der Waals surface area contributed by atoms with Gasteiger partial charge in [0, 0.05) is 11.8 Å². The second-order valence-corrected chi connectivity index (χ2v) is 7.84. The maximum Gasteiger partial charge on any atom is 0.422 e. The summed E-state index contributed by atoms with van der Waals surface area (Å²) in [5.74, 6) is 0.0324. The van der Waals surface area contributed by atoms with Crippen LogP contribution in [-0.2, 0) is 16.6 Å². The van der Waals surface area contributed by atoms with Crippen molar-refractivity contribution in [2.24, 2.45) is 9.98 Å². The van der Waals surface area contributed by atoms with Gasteiger partial charge in [0.05, 0.1) is 28.6 Å². The third-order valence-corrected chi connectivity index (χ3v) is 5.79. The van der Waals surface area contributed by atoms with Gasteiger partial charge in [-0.2, -0.15) is 13.2 Å². The third-order valence-electron chi connectivity index (χ3n) is 4.63. The minimum atomic E-state index is -4.44. The smallest absolute Gasteiger partial charge is 0.422 e. The third kappa shape index (κ3) is 3.09. The number of nitrogens with zero attached hydrogens (tertiary/aromatic N) is 3. The average molecular weight is 411 g/mol. The van der Waals surface area contributed by atoms with Crippen LogP contribution in [-0.4, -0.2) is 44.8 Å². The van der Waals surface area contributed by atoms with Gasteiger partial charge in [-0.25, -0.2) is 9.98 Å². The lowest BCUT2D eigenvalue weighted by Gasteiger charge is -2.33. The van der Waals surface area contributed by atoms with Crippen molar-refractivity contribution in [3.63, 3.8) is 0 Å². The standard InChI is InChI=1S/C17H16F3N5O2S/c1-11-12(21-7-4-13(11)27-9-17(18,19)20)8-28(26)14-24-15-5-2-3-6-16(15,25-14)23-10-22-15/h2-7,10H,8-9H2,1H3,(H,22,23)(H,24,25). The Kier molecular flexibility index (Phi) is 4.29. The highest BCUT2D eigenvalue weighted by atomic mass is 32.2. The predicted octanol–water partition coefficient (Wildman–Crippen LogP) is 1.69. The molecule has 3 aliphatic rings. The molecule has 1 aromatic heterocycles. The van der Waals surface area contributed by atoms with Gasteiger partial charge in [0.25, 0.3) is 0 Å². The van der Waals surface area contributed by atoms with Crippen molar-refractivity contribution in [2.75, 3.05) is 6.61 Å². The second kappa shape index (κ2) is 6.43. The Balaban J connectivity index is 1.53. The Morgan fingerprint density at radius 1 is 1.29 bits per heavy atom. The number of rotatable bonds is 4. The van der Waals surface area contributed by atoms with Crippen molar-refractivity contribution < 1.29 is 22.1 Å². The van der Waals surface area contributed by atoms with Gasteiger partial charge >= 0.3 is 6.18 Å². The zero-order chi connectivity index (χ0) is 20.0. The van der Waals surface area contributed by atoms with Gasteiger partial charge in [0.1, 0.15) is 5.75 Å². The first-order valence-electron chi connectivity index (χ1n) is 8.33. The van der Waals surface area contributed by atoms with Crippen LogP contribution in [0.2, 0.25) is 0 Å². The van der Waals surface area contributed by atoms with Gasteiger partial charge in [-0.15, -0.1) is 0 Å². The van der Waals surface area contributed by atoms with Crippen molar-refractivity contribution in [3.05, 3.63) is 47.8 Å². The van der Waals surface area contributed by atoms with E-state index >= 15 is 0 Å². The van der Waals surface area contributed by atoms with Crippen molar-refractivity contribution >= 4 is 22.3 Å². The van der Waals surface area contributed by atoms with E-state index in [1.54, 1.807) is 19.3 Å². The summed E-state index contributed by atoms with van der Waals surface area (Å²) in [7, 11) is -1.61. The maximum atomic E-state index is 12.9. The van der Waals surface area contributed by atoms with Crippen molar-refractivity contribution in [1.82, 2.24) is 15.6 Å². The van der Waals surface area contributed by atoms with Crippen molar-refractivity contribution in [3.8, 4) is 5.75 Å². The van der Waals surface area contributed by atoms with E-state index in [1.807, 2.05) is 18.2 Å². The van der Waals surface area contributed by atoms with Crippen LogP contribution >= 0.6 is 0 Å². The van der Waals surface area contributed by atoms with Crippen LogP contribution in [0.15, 0.2) is 46.6 Å². The summed E-state index contributed by atoms with van der Waals surface area (Å²) >= 11 is 0. The fourth-order valence-corrected chi connectivity index (χ4v) is 4.36. The highest BCUT2D eigenvalue weighted by Gasteiger charge is 2.58. The predicted molar refractivity (Wildman–Crippen MR) is 98.3 cm³/mol. The molecule has 3 atom stereocenters. The lowest BCUT2D eigenvalue weighted by Crippen LogP contribution is -2.61. The van der Waals surface area contributed by atoms with E-state index < -0.39 is 34.9 Å². The molecule has 0 bridgehead atoms. The second-order valence-electron chi connectivity index (χ2n) is 6.47. The van der Waals surface area contributed by atoms with E-state index in [1.165, 1.54) is 12.3 Å². The van der Waals surface area contributed by atoms with Crippen LogP contribution in [0.5, 0.6) is 5.75 Å². The Morgan fingerprint density at radius 3 is 2.82 bits per heavy atom. The molecule has 1 aromatic rings. The monoisotopic (exact) mass is 411 g/mol. The van der Waals surface area contributed by atoms with Crippen LogP contribution in [0.3, 0.4) is 0 Å². The molecular weight excluding hydrogens is 395 g/mol. The zero-order valence-electron chi connectivity index (χ0n) is 14.7. The minimum Gasteiger partial charge on any atom is -0.484 e. The number of halogens is 3. The molecule has 0 radical (unpaired) electrons. The van der Waals surface area contributed by atoms with E-state index in [2.05, 4.69) is 25.6 Å². The first kappa shape index (κ1) is 18.7. The zero-order valence-corrected chi connectivity index (χ0v) is 15.5. The topological polar surface area (TPSA) is 88.0 Å². The van der Waals surface area contributed by atoms with E-state index in [-0.39, 0.29) is 16.7 Å². The fraction of sp³-hybridized carbons (Fsp3) is 0.353. The highest BCUT2D eigenvalue weighted by Crippen LogP contribution is 2.39. The Morgan fingerprint density at radius 2 is 2.07 bits per heavy atom. The molecule has 28 heavy (non-hydrogen) atoms. The Hall–Kier alpha value is -2.69. The lowest BCUT2D eigenvalue weighted by atomic mass is 9.91. The molecule has 11 heteroatoms. The van der Waals surface area contributed by atoms with E-state index in [4.69, 9.17) is 4.74 Å². The van der Waals surface area contributed by atoms with Crippen LogP contribution in [0.25, 0.3) is 0 Å². The van der Waals surface area contributed by atoms with Gasteiger partial charge in [0.15, 0.2) is 17.4 Å². The summed E-state index contributed by atoms with van der Waals surface area (Å²) in [5, 5.41) is 6.46. The molecule has 0 amide bonds. The number of pyridine rings is 1. The molecule has 7 nitrogen and oxygen atoms in total. The SMILES string of the molecule is Cc1c(OCC(F)(F)F)ccnc1CS(=O)C1=NC23C=CC=CC2(NC=N3)N1. The maximum absolute atomic E-state index is 12.9. The number of alkyl halides is 3. The number of hydrogen-bond donors (Lipinski definition) is 2. The number of hydrogen-bond acceptors (Lipinski definition) is 7. The molecule has 0 spiro atoms. The number of amidine groups is 1. The fourth-order valence-electron chi connectivity index (χ4n) is 3.17. The summed E-state index contributed by atoms with van der Waals surface area (Å²) in [5.41, 5.74) is -0.955. The summed E-state index contributed by atoms with van der Waals surface area (Å²) < 4.78 is 54.9. The number of allylic oxidation sites excluding steroid dienone is 2. The van der Waals surface area contributed by atoms with Crippen LogP contribution in [0, 0.1) is 6.92 Å². The highest BCUT2D eigenvalue weighted by molar-refractivity contribution is 7.99. The van der Waals surface area contributed by atoms with Gasteiger partial charge in [-0.1, -0.05) is 12.2 Å². The number of aromatic nitrogens is 1. The largest absolute Gasteiger partial charge is 0.484 e. The van der Waals surface area contributed by atoms with Crippen molar-refractivity contribution in [1.29, 1.82) is 0 Å². The van der Waals surface area contributed by atoms with Crippen LogP contribution in [0.1, 0.15) is 11.3 Å². The summed E-state index contributed by atoms with van der Waals surface area (Å²) in [6, 6.07) is 1.35. The van der Waals surface area contributed by atoms with Gasteiger partial charge in [0.2, 0.25) is 5.66 Å². The lowest BCUT2D eigenvalue weighted by molar-refractivity contribution is -0.153. The van der Waals surface area contributed by atoms with E-state index in [0.717, 1.165) is 0 Å². The molecular formula is C17H16F3N5O2S. The van der Waals surface area contributed by atoms with Gasteiger partial charge in [-0.3, -0.25) is 9.19 Å². The molecule has 0 saturated heterocycles. The van der Waals surface area contributed by atoms with Gasteiger partial charge in [-0.05, 0) is 25.1 Å². The Labute approximate surface area is 161 Å². The molecule has 4 rings (SSSR count). The molecule has 0 aromatic carbocycles. The number of nitrogens with one attached hydrogen (secondary N) is 2. The molecule has 2 aliphatic heterocycles. The minimum absolute atomic E-state index is 0.0236. The summed E-state index contributed by atoms with van der Waals surface area (Å²) in [4.78, 5) is 13.0. The molecule has 0 saturated carbocycles. The molecule has 2 N–H and O–H groups in total. The number of aliphatic imine (C=N–C) groups is 2. The molecule has 148 valence electrons. The molecule has 0 fully saturated rings. The van der Waals surface area contributed by atoms with Crippen LogP contribution < -0.4 is 15.4 Å². The first-order chi connectivity index (χ1) is 13.2. The summed E-state index contributed by atoms with van der Waals surface area (Å²) in [6.45, 7) is 0.181. The number of ether oxygens (including phenoxy) is 1. The van der Waals surface area contributed by atoms with Crippen molar-refractivity contribution in [2.45, 2.75) is 30.2 Å². The van der Waals surface area contributed by atoms with E-state index in [0.29, 0.717) is 11.3 Å². The molecule has 3 heterocycles. The van der Waals surface area contributed by atoms with Crippen LogP contribution in [0.4, 0.5) is 13.2 Å². The van der Waals surface area contributed by atoms with E-state index in [9.17, 15) is 17.4 Å². The molecule has 3 unspecified atom stereocenters. The average Bonchev–Trinajstić information content (AvgIpc) is 3.15. The molecule has 1 aliphatic carbocycles. The Bertz CT molecular complexity index is 959. The van der Waals surface area contributed by atoms with Gasteiger partial charge < -0.3 is 15.4 Å². The first-order valence-corrected chi connectivity index (χ1v) is 9.64. The normalized spacial score (nSPS) is 28.2.